The van der Waals surface area contributed by atoms with Crippen molar-refractivity contribution in [1.82, 2.24) is 0 Å². The molecule has 0 aliphatic carbocycles. The van der Waals surface area contributed by atoms with Crippen LogP contribution in [0.3, 0.4) is 0 Å². The van der Waals surface area contributed by atoms with Crippen molar-refractivity contribution < 1.29 is 25.2 Å². The topological polar surface area (TPSA) is 98.0 Å². The van der Waals surface area contributed by atoms with Gasteiger partial charge in [-0.1, -0.05) is 11.6 Å². The van der Waals surface area contributed by atoms with Crippen LogP contribution < -0.4 is 0 Å². The van der Waals surface area contributed by atoms with Crippen molar-refractivity contribution in [2.75, 3.05) is 6.61 Å². The van der Waals surface area contributed by atoms with Gasteiger partial charge in [0.05, 0.1) is 6.61 Å². The summed E-state index contributed by atoms with van der Waals surface area (Å²) < 4.78 is 0. The molecule has 0 aliphatic rings. The van der Waals surface area contributed by atoms with Crippen LogP contribution in [-0.2, 0) is 4.79 Å². The zero-order valence-corrected chi connectivity index (χ0v) is 6.27. The lowest BCUT2D eigenvalue weighted by molar-refractivity contribution is -0.140. The average molecular weight is 185 g/mol. The second-order valence-corrected chi connectivity index (χ2v) is 2.37. The number of ketones is 1. The third-order valence-corrected chi connectivity index (χ3v) is 1.29. The van der Waals surface area contributed by atoms with Gasteiger partial charge in [0, 0.05) is 0 Å². The molecule has 0 aromatic rings. The first kappa shape index (κ1) is 10.8. The van der Waals surface area contributed by atoms with Gasteiger partial charge in [-0.05, 0) is 0 Å². The zero-order chi connectivity index (χ0) is 9.02. The minimum Gasteiger partial charge on any atom is -0.393 e. The first-order valence-electron chi connectivity index (χ1n) is 2.83. The molecule has 0 rings (SSSR count). The fourth-order valence-electron chi connectivity index (χ4n) is 0.423. The van der Waals surface area contributed by atoms with Crippen molar-refractivity contribution in [2.24, 2.45) is 0 Å². The van der Waals surface area contributed by atoms with Gasteiger partial charge in [0.25, 0.3) is 0 Å². The molecular weight excluding hydrogens is 176 g/mol. The van der Waals surface area contributed by atoms with Gasteiger partial charge in [-0.2, -0.15) is 0 Å². The van der Waals surface area contributed by atoms with Crippen molar-refractivity contribution >= 4 is 17.4 Å². The fraction of sp³-hybridized carbons (Fsp3) is 0.800. The lowest BCUT2D eigenvalue weighted by atomic mass is 10.1. The number of aliphatic hydroxyl groups is 4. The monoisotopic (exact) mass is 184 g/mol. The van der Waals surface area contributed by atoms with Crippen LogP contribution in [-0.4, -0.2) is 50.6 Å². The second-order valence-electron chi connectivity index (χ2n) is 1.92. The minimum atomic E-state index is -1.86. The number of Topliss-reactive ketones (excluding diaryl/α,β-unsaturated/α-hetero) is 1. The molecule has 0 amide bonds. The van der Waals surface area contributed by atoms with Gasteiger partial charge in [-0.15, -0.1) is 0 Å². The van der Waals surface area contributed by atoms with Gasteiger partial charge in [-0.3, -0.25) is 4.79 Å². The van der Waals surface area contributed by atoms with Crippen LogP contribution in [0.2, 0.25) is 0 Å². The summed E-state index contributed by atoms with van der Waals surface area (Å²) in [5, 5.41) is 34.0. The van der Waals surface area contributed by atoms with Crippen LogP contribution in [0.25, 0.3) is 0 Å². The van der Waals surface area contributed by atoms with Gasteiger partial charge in [0.2, 0.25) is 0 Å². The Kier molecular flexibility index (Phi) is 4.55. The average Bonchev–Trinajstić information content (AvgIpc) is 2.00. The smallest absolute Gasteiger partial charge is 0.195 e. The Morgan fingerprint density at radius 2 is 1.82 bits per heavy atom. The summed E-state index contributed by atoms with van der Waals surface area (Å²) in [5.74, 6) is -1.10. The molecule has 0 saturated carbocycles. The fourth-order valence-corrected chi connectivity index (χ4v) is 0.547. The van der Waals surface area contributed by atoms with Crippen LogP contribution in [0, 0.1) is 0 Å². The number of hydrogen-bond acceptors (Lipinski definition) is 5. The van der Waals surface area contributed by atoms with Gasteiger partial charge in [0.15, 0.2) is 17.5 Å². The largest absolute Gasteiger partial charge is 0.393 e. The number of carbonyl (C=O) groups excluding carboxylic acids is 1. The maximum Gasteiger partial charge on any atom is 0.195 e. The van der Waals surface area contributed by atoms with Crippen molar-refractivity contribution in [3.05, 3.63) is 0 Å². The van der Waals surface area contributed by atoms with E-state index in [0.717, 1.165) is 0 Å². The molecule has 4 N–H and O–H groups in total. The molecule has 0 radical (unpaired) electrons. The van der Waals surface area contributed by atoms with Crippen molar-refractivity contribution in [3.63, 3.8) is 0 Å². The summed E-state index contributed by atoms with van der Waals surface area (Å²) in [6.07, 6.45) is -3.56. The minimum absolute atomic E-state index is 0.806. The van der Waals surface area contributed by atoms with E-state index in [0.29, 0.717) is 0 Å². The highest BCUT2D eigenvalue weighted by molar-refractivity contribution is 6.21. The van der Waals surface area contributed by atoms with Gasteiger partial charge < -0.3 is 20.4 Å². The Bertz CT molecular complexity index is 137. The molecule has 11 heavy (non-hydrogen) atoms. The van der Waals surface area contributed by atoms with E-state index in [-0.39, 0.29) is 0 Å². The maximum absolute atomic E-state index is 10.6. The van der Waals surface area contributed by atoms with Crippen LogP contribution in [0.1, 0.15) is 0 Å². The summed E-state index contributed by atoms with van der Waals surface area (Å²) in [6.45, 7) is -0.806. The Balaban J connectivity index is 4.02. The summed E-state index contributed by atoms with van der Waals surface area (Å²) in [6, 6.07) is 0. The van der Waals surface area contributed by atoms with Gasteiger partial charge >= 0.3 is 0 Å². The van der Waals surface area contributed by atoms with Gasteiger partial charge in [0.1, 0.15) is 6.10 Å². The number of rotatable bonds is 4. The third kappa shape index (κ3) is 3.13. The molecule has 0 aromatic carbocycles. The van der Waals surface area contributed by atoms with E-state index in [4.69, 9.17) is 32.0 Å². The molecule has 5 nitrogen and oxygen atoms in total. The highest BCUT2D eigenvalue weighted by Gasteiger charge is 2.27. The van der Waals surface area contributed by atoms with E-state index < -0.39 is 30.2 Å². The van der Waals surface area contributed by atoms with E-state index in [9.17, 15) is 4.79 Å². The molecule has 3 atom stereocenters. The molecule has 6 heteroatoms. The highest BCUT2D eigenvalue weighted by Crippen LogP contribution is 2.02. The van der Waals surface area contributed by atoms with Crippen LogP contribution in [0.5, 0.6) is 0 Å². The molecule has 0 aliphatic heterocycles. The van der Waals surface area contributed by atoms with Crippen LogP contribution in [0.4, 0.5) is 0 Å². The van der Waals surface area contributed by atoms with Crippen LogP contribution in [0.15, 0.2) is 0 Å². The van der Waals surface area contributed by atoms with E-state index in [1.807, 2.05) is 0 Å². The predicted molar refractivity (Wildman–Crippen MR) is 36.0 cm³/mol. The summed E-state index contributed by atoms with van der Waals surface area (Å²) in [4.78, 5) is 10.6. The number of alkyl halides is 1. The van der Waals surface area contributed by atoms with Crippen molar-refractivity contribution in [3.8, 4) is 0 Å². The number of hydrogen-bond donors (Lipinski definition) is 4. The standard InChI is InChI=1S/C5H9ClO5/c6-5(11)4(10)3(9)2(8)1-7/h2,4-5,7-8,10-11H,1H2/t2-,4+,5?/m1/s1. The molecule has 0 spiro atoms. The quantitative estimate of drug-likeness (QED) is 0.373. The third-order valence-electron chi connectivity index (χ3n) is 1.05. The number of halogens is 1. The zero-order valence-electron chi connectivity index (χ0n) is 5.51. The summed E-state index contributed by atoms with van der Waals surface area (Å²) in [7, 11) is 0. The molecule has 0 saturated heterocycles. The first-order chi connectivity index (χ1) is 5.00. The van der Waals surface area contributed by atoms with E-state index in [1.54, 1.807) is 0 Å². The molecule has 1 unspecified atom stereocenters. The van der Waals surface area contributed by atoms with Gasteiger partial charge in [-0.25, -0.2) is 0 Å². The lowest BCUT2D eigenvalue weighted by Crippen LogP contribution is -2.39. The predicted octanol–water partition coefficient (Wildman–Crippen LogP) is -2.17. The number of aliphatic hydroxyl groups excluding tert-OH is 4. The molecule has 0 bridgehead atoms. The molecule has 0 aromatic heterocycles. The lowest BCUT2D eigenvalue weighted by Gasteiger charge is -2.13. The molecule has 66 valence electrons. The van der Waals surface area contributed by atoms with E-state index >= 15 is 0 Å². The SMILES string of the molecule is O=C([C@H](O)CO)[C@H](O)C(O)Cl. The normalized spacial score (nSPS) is 19.0. The maximum atomic E-state index is 10.6. The Labute approximate surface area is 67.8 Å². The van der Waals surface area contributed by atoms with Crippen molar-refractivity contribution in [2.45, 2.75) is 17.8 Å². The highest BCUT2D eigenvalue weighted by atomic mass is 35.5. The Morgan fingerprint density at radius 3 is 2.09 bits per heavy atom. The van der Waals surface area contributed by atoms with E-state index in [1.165, 1.54) is 0 Å². The second kappa shape index (κ2) is 4.63. The van der Waals surface area contributed by atoms with Crippen LogP contribution >= 0.6 is 11.6 Å². The van der Waals surface area contributed by atoms with E-state index in [2.05, 4.69) is 0 Å². The van der Waals surface area contributed by atoms with Crippen molar-refractivity contribution in [1.29, 1.82) is 0 Å². The Morgan fingerprint density at radius 1 is 1.36 bits per heavy atom. The summed E-state index contributed by atoms with van der Waals surface area (Å²) >= 11 is 4.92. The molecule has 0 fully saturated rings. The first-order valence-corrected chi connectivity index (χ1v) is 3.27. The Hall–Kier alpha value is -0.200. The molecular formula is C5H9ClO5. The molecule has 0 heterocycles. The number of carbonyl (C=O) groups is 1. The summed E-state index contributed by atoms with van der Waals surface area (Å²) in [5.41, 5.74) is -1.76.